The zero-order valence-corrected chi connectivity index (χ0v) is 10.6. The quantitative estimate of drug-likeness (QED) is 0.774. The number of likely N-dealkylation sites (tertiary alicyclic amines) is 1. The first kappa shape index (κ1) is 11.9. The molecule has 16 heavy (non-hydrogen) atoms. The van der Waals surface area contributed by atoms with E-state index in [0.29, 0.717) is 6.04 Å². The summed E-state index contributed by atoms with van der Waals surface area (Å²) in [5.41, 5.74) is 7.79. The van der Waals surface area contributed by atoms with Crippen LogP contribution in [0, 0.1) is 0 Å². The molecule has 90 valence electrons. The Balaban J connectivity index is 1.98. The molecule has 0 radical (unpaired) electrons. The number of hydrogen-bond donors (Lipinski definition) is 1. The van der Waals surface area contributed by atoms with Gasteiger partial charge in [-0.15, -0.1) is 0 Å². The molecule has 1 unspecified atom stereocenters. The van der Waals surface area contributed by atoms with Crippen molar-refractivity contribution in [3.8, 4) is 0 Å². The van der Waals surface area contributed by atoms with Gasteiger partial charge in [-0.1, -0.05) is 18.2 Å². The Morgan fingerprint density at radius 3 is 2.88 bits per heavy atom. The van der Waals surface area contributed by atoms with Crippen LogP contribution in [0.25, 0.3) is 0 Å². The van der Waals surface area contributed by atoms with Crippen LogP contribution in [0.1, 0.15) is 39.5 Å². The fourth-order valence-electron chi connectivity index (χ4n) is 2.80. The van der Waals surface area contributed by atoms with Crippen LogP contribution in [0.4, 0.5) is 0 Å². The normalized spacial score (nSPS) is 30.2. The smallest absolute Gasteiger partial charge is 0.0235 e. The van der Waals surface area contributed by atoms with E-state index in [9.17, 15) is 0 Å². The van der Waals surface area contributed by atoms with Crippen molar-refractivity contribution >= 4 is 0 Å². The van der Waals surface area contributed by atoms with Crippen molar-refractivity contribution in [1.82, 2.24) is 4.90 Å². The molecular formula is C14H24N2. The highest BCUT2D eigenvalue weighted by Gasteiger charge is 2.33. The van der Waals surface area contributed by atoms with E-state index < -0.39 is 0 Å². The van der Waals surface area contributed by atoms with Crippen molar-refractivity contribution in [3.63, 3.8) is 0 Å². The van der Waals surface area contributed by atoms with Gasteiger partial charge in [-0.2, -0.15) is 0 Å². The van der Waals surface area contributed by atoms with Crippen molar-refractivity contribution in [2.75, 3.05) is 13.1 Å². The molecule has 1 saturated heterocycles. The first-order valence-electron chi connectivity index (χ1n) is 6.44. The van der Waals surface area contributed by atoms with Crippen molar-refractivity contribution in [3.05, 3.63) is 23.8 Å². The molecule has 2 heteroatoms. The highest BCUT2D eigenvalue weighted by molar-refractivity contribution is 5.24. The van der Waals surface area contributed by atoms with Gasteiger partial charge in [-0.05, 0) is 45.1 Å². The van der Waals surface area contributed by atoms with E-state index in [2.05, 4.69) is 37.0 Å². The molecule has 1 aliphatic heterocycles. The number of piperidine rings is 1. The molecular weight excluding hydrogens is 196 g/mol. The third-order valence-electron chi connectivity index (χ3n) is 3.83. The van der Waals surface area contributed by atoms with Gasteiger partial charge in [0.15, 0.2) is 0 Å². The molecule has 2 nitrogen and oxygen atoms in total. The number of nitrogens with two attached hydrogens (primary N) is 1. The molecule has 1 aliphatic carbocycles. The molecule has 1 fully saturated rings. The van der Waals surface area contributed by atoms with Crippen molar-refractivity contribution in [2.24, 2.45) is 5.73 Å². The summed E-state index contributed by atoms with van der Waals surface area (Å²) < 4.78 is 0. The maximum absolute atomic E-state index is 6.05. The minimum atomic E-state index is 0.254. The van der Waals surface area contributed by atoms with E-state index in [-0.39, 0.29) is 5.54 Å². The van der Waals surface area contributed by atoms with Gasteiger partial charge in [0.05, 0.1) is 0 Å². The predicted octanol–water partition coefficient (Wildman–Crippen LogP) is 2.46. The molecule has 1 heterocycles. The molecule has 1 atom stereocenters. The zero-order valence-electron chi connectivity index (χ0n) is 10.6. The summed E-state index contributed by atoms with van der Waals surface area (Å²) in [4.78, 5) is 2.58. The van der Waals surface area contributed by atoms with Gasteiger partial charge >= 0.3 is 0 Å². The predicted molar refractivity (Wildman–Crippen MR) is 69.3 cm³/mol. The van der Waals surface area contributed by atoms with Gasteiger partial charge in [0.2, 0.25) is 0 Å². The monoisotopic (exact) mass is 220 g/mol. The number of nitrogens with zero attached hydrogens (tertiary/aromatic N) is 1. The number of allylic oxidation sites excluding steroid dienone is 2. The molecule has 0 amide bonds. The van der Waals surface area contributed by atoms with Crippen LogP contribution in [0.15, 0.2) is 23.8 Å². The molecule has 0 aromatic rings. The molecule has 0 aromatic carbocycles. The van der Waals surface area contributed by atoms with E-state index in [1.54, 1.807) is 0 Å². The van der Waals surface area contributed by atoms with Gasteiger partial charge in [-0.3, -0.25) is 4.90 Å². The lowest BCUT2D eigenvalue weighted by atomic mass is 9.87. The molecule has 2 rings (SSSR count). The summed E-state index contributed by atoms with van der Waals surface area (Å²) in [6, 6.07) is 0.391. The van der Waals surface area contributed by atoms with E-state index in [4.69, 9.17) is 5.73 Å². The van der Waals surface area contributed by atoms with Crippen LogP contribution in [-0.2, 0) is 0 Å². The number of rotatable bonds is 2. The van der Waals surface area contributed by atoms with E-state index in [1.807, 2.05) is 0 Å². The van der Waals surface area contributed by atoms with Crippen molar-refractivity contribution in [2.45, 2.75) is 51.1 Å². The fraction of sp³-hybridized carbons (Fsp3) is 0.714. The second kappa shape index (κ2) is 4.72. The van der Waals surface area contributed by atoms with Gasteiger partial charge in [0.1, 0.15) is 0 Å². The van der Waals surface area contributed by atoms with Crippen LogP contribution < -0.4 is 5.73 Å². The van der Waals surface area contributed by atoms with E-state index >= 15 is 0 Å². The largest absolute Gasteiger partial charge is 0.328 e. The molecule has 2 aliphatic rings. The van der Waals surface area contributed by atoms with E-state index in [1.165, 1.54) is 18.4 Å². The third kappa shape index (κ3) is 2.74. The summed E-state index contributed by atoms with van der Waals surface area (Å²) >= 11 is 0. The maximum Gasteiger partial charge on any atom is 0.0235 e. The van der Waals surface area contributed by atoms with Crippen LogP contribution >= 0.6 is 0 Å². The summed E-state index contributed by atoms with van der Waals surface area (Å²) in [6.07, 6.45) is 11.6. The first-order valence-corrected chi connectivity index (χ1v) is 6.44. The summed E-state index contributed by atoms with van der Waals surface area (Å²) in [7, 11) is 0. The average Bonchev–Trinajstić information content (AvgIpc) is 2.23. The lowest BCUT2D eigenvalue weighted by molar-refractivity contribution is 0.0774. The van der Waals surface area contributed by atoms with Crippen molar-refractivity contribution in [1.29, 1.82) is 0 Å². The lowest BCUT2D eigenvalue weighted by Gasteiger charge is -2.45. The highest BCUT2D eigenvalue weighted by Crippen LogP contribution is 2.28. The van der Waals surface area contributed by atoms with E-state index in [0.717, 1.165) is 25.9 Å². The zero-order chi connectivity index (χ0) is 11.6. The Labute approximate surface area is 99.2 Å². The topological polar surface area (TPSA) is 29.3 Å². The summed E-state index contributed by atoms with van der Waals surface area (Å²) in [5.74, 6) is 0. The SMILES string of the molecule is CC1(C)CC(N)CCN1CC1=CCCC=C1. The Kier molecular flexibility index (Phi) is 3.50. The first-order chi connectivity index (χ1) is 7.58. The molecule has 0 aromatic heterocycles. The van der Waals surface area contributed by atoms with Crippen LogP contribution in [0.2, 0.25) is 0 Å². The maximum atomic E-state index is 6.05. The third-order valence-corrected chi connectivity index (χ3v) is 3.83. The number of hydrogen-bond acceptors (Lipinski definition) is 2. The molecule has 2 N–H and O–H groups in total. The van der Waals surface area contributed by atoms with Crippen LogP contribution in [0.3, 0.4) is 0 Å². The Bertz CT molecular complexity index is 302. The van der Waals surface area contributed by atoms with Gasteiger partial charge in [0.25, 0.3) is 0 Å². The van der Waals surface area contributed by atoms with Gasteiger partial charge in [0, 0.05) is 24.7 Å². The van der Waals surface area contributed by atoms with Crippen LogP contribution in [-0.4, -0.2) is 29.6 Å². The standard InChI is InChI=1S/C14H24N2/c1-14(2)10-13(15)8-9-16(14)11-12-6-4-3-5-7-12/h4,6-7,13H,3,5,8-11,15H2,1-2H3. The Morgan fingerprint density at radius 2 is 2.25 bits per heavy atom. The summed E-state index contributed by atoms with van der Waals surface area (Å²) in [5, 5.41) is 0. The fourth-order valence-corrected chi connectivity index (χ4v) is 2.80. The van der Waals surface area contributed by atoms with Crippen LogP contribution in [0.5, 0.6) is 0 Å². The van der Waals surface area contributed by atoms with Crippen molar-refractivity contribution < 1.29 is 0 Å². The lowest BCUT2D eigenvalue weighted by Crippen LogP contribution is -2.53. The van der Waals surface area contributed by atoms with Gasteiger partial charge in [-0.25, -0.2) is 0 Å². The molecule has 0 bridgehead atoms. The summed E-state index contributed by atoms with van der Waals surface area (Å²) in [6.45, 7) is 6.87. The van der Waals surface area contributed by atoms with Gasteiger partial charge < -0.3 is 5.73 Å². The Morgan fingerprint density at radius 1 is 1.44 bits per heavy atom. The minimum Gasteiger partial charge on any atom is -0.328 e. The average molecular weight is 220 g/mol. The highest BCUT2D eigenvalue weighted by atomic mass is 15.2. The molecule has 0 spiro atoms. The second-order valence-corrected chi connectivity index (χ2v) is 5.75. The Hall–Kier alpha value is -0.600. The second-order valence-electron chi connectivity index (χ2n) is 5.75. The molecule has 0 saturated carbocycles. The minimum absolute atomic E-state index is 0.254.